The number of aromatic amines is 1. The molecule has 0 atom stereocenters. The van der Waals surface area contributed by atoms with Crippen LogP contribution < -0.4 is 11.1 Å². The normalized spacial score (nSPS) is 10.4. The Kier molecular flexibility index (Phi) is 4.29. The zero-order valence-corrected chi connectivity index (χ0v) is 13.2. The molecule has 0 saturated carbocycles. The first-order valence-corrected chi connectivity index (χ1v) is 7.08. The van der Waals surface area contributed by atoms with Crippen LogP contribution in [0, 0.1) is 11.3 Å². The summed E-state index contributed by atoms with van der Waals surface area (Å²) in [5.41, 5.74) is 7.88. The monoisotopic (exact) mass is 347 g/mol. The fraction of sp³-hybridized carbons (Fsp3) is 0.214. The van der Waals surface area contributed by atoms with Crippen molar-refractivity contribution in [1.29, 1.82) is 5.26 Å². The van der Waals surface area contributed by atoms with Gasteiger partial charge in [0.15, 0.2) is 5.69 Å². The molecular weight excluding hydrogens is 334 g/mol. The molecule has 1 amide bonds. The largest absolute Gasteiger partial charge is 0.395 e. The summed E-state index contributed by atoms with van der Waals surface area (Å²) in [5, 5.41) is 18.4. The van der Waals surface area contributed by atoms with E-state index >= 15 is 0 Å². The lowest BCUT2D eigenvalue weighted by Gasteiger charge is -2.07. The Hall–Kier alpha value is -2.33. The maximum absolute atomic E-state index is 12.3. The Bertz CT molecular complexity index is 729. The van der Waals surface area contributed by atoms with Gasteiger partial charge in [-0.25, -0.2) is 0 Å². The van der Waals surface area contributed by atoms with E-state index in [4.69, 9.17) is 11.0 Å². The van der Waals surface area contributed by atoms with Gasteiger partial charge in [0.2, 0.25) is 0 Å². The van der Waals surface area contributed by atoms with E-state index in [1.165, 1.54) is 0 Å². The van der Waals surface area contributed by atoms with Gasteiger partial charge in [-0.3, -0.25) is 9.89 Å². The third-order valence-electron chi connectivity index (χ3n) is 2.98. The lowest BCUT2D eigenvalue weighted by molar-refractivity contribution is 0.102. The lowest BCUT2D eigenvalue weighted by atomic mass is 10.1. The predicted octanol–water partition coefficient (Wildman–Crippen LogP) is 3.00. The molecule has 1 heterocycles. The molecule has 0 aliphatic rings. The number of hydrogen-bond acceptors (Lipinski definition) is 4. The maximum Gasteiger partial charge on any atom is 0.278 e. The van der Waals surface area contributed by atoms with Crippen molar-refractivity contribution in [2.24, 2.45) is 0 Å². The van der Waals surface area contributed by atoms with Gasteiger partial charge in [-0.15, -0.1) is 0 Å². The second kappa shape index (κ2) is 5.97. The number of nitrogens with two attached hydrogens (primary N) is 1. The van der Waals surface area contributed by atoms with Gasteiger partial charge in [-0.2, -0.15) is 10.4 Å². The van der Waals surface area contributed by atoms with E-state index in [0.29, 0.717) is 16.9 Å². The van der Waals surface area contributed by atoms with Gasteiger partial charge < -0.3 is 11.1 Å². The topological polar surface area (TPSA) is 108 Å². The first-order valence-electron chi connectivity index (χ1n) is 6.28. The summed E-state index contributed by atoms with van der Waals surface area (Å²) in [6.07, 6.45) is 0. The van der Waals surface area contributed by atoms with Crippen LogP contribution in [0.25, 0.3) is 0 Å². The maximum atomic E-state index is 12.3. The van der Waals surface area contributed by atoms with Crippen molar-refractivity contribution in [3.63, 3.8) is 0 Å². The van der Waals surface area contributed by atoms with Crippen LogP contribution in [-0.2, 0) is 0 Å². The van der Waals surface area contributed by atoms with Crippen LogP contribution in [0.3, 0.4) is 0 Å². The van der Waals surface area contributed by atoms with Gasteiger partial charge in [-0.05, 0) is 24.1 Å². The summed E-state index contributed by atoms with van der Waals surface area (Å²) in [4.78, 5) is 12.3. The van der Waals surface area contributed by atoms with Crippen molar-refractivity contribution in [1.82, 2.24) is 10.2 Å². The van der Waals surface area contributed by atoms with Gasteiger partial charge in [0.05, 0.1) is 22.6 Å². The highest BCUT2D eigenvalue weighted by atomic mass is 79.9. The van der Waals surface area contributed by atoms with Gasteiger partial charge in [-0.1, -0.05) is 29.8 Å². The summed E-state index contributed by atoms with van der Waals surface area (Å²) in [6, 6.07) is 7.03. The number of H-pyrrole nitrogens is 1. The summed E-state index contributed by atoms with van der Waals surface area (Å²) in [7, 11) is 0. The van der Waals surface area contributed by atoms with Crippen LogP contribution in [0.1, 0.15) is 41.5 Å². The van der Waals surface area contributed by atoms with Crippen LogP contribution in [0.4, 0.5) is 11.4 Å². The zero-order chi connectivity index (χ0) is 15.6. The van der Waals surface area contributed by atoms with Crippen molar-refractivity contribution >= 4 is 33.2 Å². The molecule has 0 aliphatic carbocycles. The highest BCUT2D eigenvalue weighted by molar-refractivity contribution is 9.10. The first-order chi connectivity index (χ1) is 9.93. The highest BCUT2D eigenvalue weighted by Crippen LogP contribution is 2.25. The fourth-order valence-corrected chi connectivity index (χ4v) is 2.24. The molecule has 1 aromatic carbocycles. The van der Waals surface area contributed by atoms with Crippen LogP contribution >= 0.6 is 15.9 Å². The standard InChI is InChI=1S/C14H14BrN5O/c1-7(2)12-11(17)13(20-19-12)14(21)18-10-5-9(15)4-3-8(10)6-16/h3-5,7H,17H2,1-2H3,(H,18,21)(H,19,20). The Morgan fingerprint density at radius 1 is 1.52 bits per heavy atom. The minimum Gasteiger partial charge on any atom is -0.395 e. The number of hydrogen-bond donors (Lipinski definition) is 3. The molecular formula is C14H14BrN5O. The molecule has 0 bridgehead atoms. The van der Waals surface area contributed by atoms with E-state index in [9.17, 15) is 4.79 Å². The van der Waals surface area contributed by atoms with E-state index in [-0.39, 0.29) is 11.6 Å². The van der Waals surface area contributed by atoms with Crippen molar-refractivity contribution in [3.05, 3.63) is 39.6 Å². The quantitative estimate of drug-likeness (QED) is 0.792. The van der Waals surface area contributed by atoms with Crippen molar-refractivity contribution in [2.75, 3.05) is 11.1 Å². The number of carbonyl (C=O) groups excluding carboxylic acids is 1. The number of rotatable bonds is 3. The Balaban J connectivity index is 2.31. The number of nitrogens with one attached hydrogen (secondary N) is 2. The summed E-state index contributed by atoms with van der Waals surface area (Å²) in [6.45, 7) is 3.90. The molecule has 0 aliphatic heterocycles. The van der Waals surface area contributed by atoms with Gasteiger partial charge in [0.25, 0.3) is 5.91 Å². The second-order valence-corrected chi connectivity index (χ2v) is 5.73. The van der Waals surface area contributed by atoms with Gasteiger partial charge in [0.1, 0.15) is 6.07 Å². The van der Waals surface area contributed by atoms with Crippen molar-refractivity contribution < 1.29 is 4.79 Å². The predicted molar refractivity (Wildman–Crippen MR) is 83.9 cm³/mol. The van der Waals surface area contributed by atoms with Gasteiger partial charge in [0, 0.05) is 4.47 Å². The van der Waals surface area contributed by atoms with E-state index in [1.807, 2.05) is 19.9 Å². The van der Waals surface area contributed by atoms with E-state index in [1.54, 1.807) is 18.2 Å². The van der Waals surface area contributed by atoms with Gasteiger partial charge >= 0.3 is 0 Å². The summed E-state index contributed by atoms with van der Waals surface area (Å²) >= 11 is 3.30. The average Bonchev–Trinajstić information content (AvgIpc) is 2.81. The molecule has 0 spiro atoms. The van der Waals surface area contributed by atoms with Crippen molar-refractivity contribution in [3.8, 4) is 6.07 Å². The molecule has 108 valence electrons. The number of benzene rings is 1. The molecule has 1 aromatic heterocycles. The number of halogens is 1. The number of nitriles is 1. The highest BCUT2D eigenvalue weighted by Gasteiger charge is 2.19. The molecule has 0 saturated heterocycles. The molecule has 2 aromatic rings. The smallest absolute Gasteiger partial charge is 0.278 e. The van der Waals surface area contributed by atoms with Crippen LogP contribution in [0.15, 0.2) is 22.7 Å². The number of anilines is 2. The lowest BCUT2D eigenvalue weighted by Crippen LogP contribution is -2.15. The zero-order valence-electron chi connectivity index (χ0n) is 11.6. The molecule has 0 radical (unpaired) electrons. The summed E-state index contributed by atoms with van der Waals surface area (Å²) in [5.74, 6) is -0.315. The average molecular weight is 348 g/mol. The third-order valence-corrected chi connectivity index (χ3v) is 3.47. The first kappa shape index (κ1) is 15.1. The Labute approximate surface area is 130 Å². The van der Waals surface area contributed by atoms with Crippen LogP contribution in [-0.4, -0.2) is 16.1 Å². The molecule has 4 N–H and O–H groups in total. The molecule has 0 unspecified atom stereocenters. The Morgan fingerprint density at radius 2 is 2.24 bits per heavy atom. The number of carbonyl (C=O) groups is 1. The van der Waals surface area contributed by atoms with E-state index < -0.39 is 5.91 Å². The van der Waals surface area contributed by atoms with E-state index in [2.05, 4.69) is 31.4 Å². The number of aromatic nitrogens is 2. The molecule has 7 heteroatoms. The van der Waals surface area contributed by atoms with Crippen molar-refractivity contribution in [2.45, 2.75) is 19.8 Å². The molecule has 6 nitrogen and oxygen atoms in total. The molecule has 21 heavy (non-hydrogen) atoms. The molecule has 2 rings (SSSR count). The van der Waals surface area contributed by atoms with Crippen LogP contribution in [0.5, 0.6) is 0 Å². The molecule has 0 fully saturated rings. The third kappa shape index (κ3) is 3.06. The fourth-order valence-electron chi connectivity index (χ4n) is 1.88. The van der Waals surface area contributed by atoms with E-state index in [0.717, 1.165) is 10.2 Å². The number of nitrogens with zero attached hydrogens (tertiary/aromatic N) is 2. The Morgan fingerprint density at radius 3 is 2.81 bits per heavy atom. The van der Waals surface area contributed by atoms with Crippen LogP contribution in [0.2, 0.25) is 0 Å². The minimum atomic E-state index is -0.453. The number of amides is 1. The SMILES string of the molecule is CC(C)c1[nH]nc(C(=O)Nc2cc(Br)ccc2C#N)c1N. The minimum absolute atomic E-state index is 0.127. The summed E-state index contributed by atoms with van der Waals surface area (Å²) < 4.78 is 0.759. The second-order valence-electron chi connectivity index (χ2n) is 4.81. The number of nitrogen functional groups attached to an aromatic ring is 1.